The summed E-state index contributed by atoms with van der Waals surface area (Å²) in [6.07, 6.45) is 26.2. The van der Waals surface area contributed by atoms with Crippen molar-refractivity contribution >= 4 is 0 Å². The van der Waals surface area contributed by atoms with Crippen molar-refractivity contribution < 1.29 is 20.3 Å². The predicted molar refractivity (Wildman–Crippen MR) is 135 cm³/mol. The lowest BCUT2D eigenvalue weighted by Crippen LogP contribution is -2.36. The van der Waals surface area contributed by atoms with E-state index in [2.05, 4.69) is 23.6 Å². The SMILES string of the molecule is CCCCCCC1CC[C@@H](CCCCCCCCOO)C(CCOO)C1CCCCCC. The van der Waals surface area contributed by atoms with Gasteiger partial charge in [-0.1, -0.05) is 110 Å². The minimum Gasteiger partial charge on any atom is -0.252 e. The van der Waals surface area contributed by atoms with Crippen molar-refractivity contribution in [2.45, 2.75) is 142 Å². The maximum atomic E-state index is 9.09. The van der Waals surface area contributed by atoms with Crippen LogP contribution >= 0.6 is 0 Å². The molecule has 0 amide bonds. The van der Waals surface area contributed by atoms with Gasteiger partial charge >= 0.3 is 0 Å². The third kappa shape index (κ3) is 13.5. The fourth-order valence-corrected chi connectivity index (χ4v) is 6.28. The van der Waals surface area contributed by atoms with Crippen molar-refractivity contribution in [1.29, 1.82) is 0 Å². The smallest absolute Gasteiger partial charge is 0.0822 e. The lowest BCUT2D eigenvalue weighted by molar-refractivity contribution is -0.246. The molecule has 0 radical (unpaired) electrons. The van der Waals surface area contributed by atoms with E-state index in [-0.39, 0.29) is 0 Å². The zero-order chi connectivity index (χ0) is 23.3. The molecule has 4 heteroatoms. The van der Waals surface area contributed by atoms with Crippen molar-refractivity contribution in [3.63, 3.8) is 0 Å². The van der Waals surface area contributed by atoms with E-state index in [1.54, 1.807) is 0 Å². The van der Waals surface area contributed by atoms with Gasteiger partial charge in [0.05, 0.1) is 13.2 Å². The van der Waals surface area contributed by atoms with Crippen LogP contribution < -0.4 is 0 Å². The first-order valence-electron chi connectivity index (χ1n) is 14.3. The van der Waals surface area contributed by atoms with Gasteiger partial charge in [0.1, 0.15) is 0 Å². The monoisotopic (exact) mass is 456 g/mol. The van der Waals surface area contributed by atoms with Crippen molar-refractivity contribution in [3.05, 3.63) is 0 Å². The summed E-state index contributed by atoms with van der Waals surface area (Å²) in [5.41, 5.74) is 0. The Morgan fingerprint density at radius 3 is 1.47 bits per heavy atom. The Balaban J connectivity index is 2.57. The van der Waals surface area contributed by atoms with Gasteiger partial charge in [-0.05, 0) is 55.8 Å². The van der Waals surface area contributed by atoms with E-state index >= 15 is 0 Å². The Bertz CT molecular complexity index is 390. The molecule has 0 saturated heterocycles. The van der Waals surface area contributed by atoms with Gasteiger partial charge in [-0.15, -0.1) is 0 Å². The largest absolute Gasteiger partial charge is 0.252 e. The van der Waals surface area contributed by atoms with Gasteiger partial charge in [0.2, 0.25) is 0 Å². The second-order valence-corrected chi connectivity index (χ2v) is 10.5. The first-order valence-corrected chi connectivity index (χ1v) is 14.3. The number of unbranched alkanes of at least 4 members (excludes halogenated alkanes) is 11. The molecule has 0 heterocycles. The van der Waals surface area contributed by atoms with Crippen LogP contribution in [-0.4, -0.2) is 23.7 Å². The quantitative estimate of drug-likeness (QED) is 0.0967. The Hall–Kier alpha value is -0.160. The minimum absolute atomic E-state index is 0.468. The molecule has 1 aliphatic carbocycles. The average molecular weight is 457 g/mol. The third-order valence-electron chi connectivity index (χ3n) is 8.09. The molecular weight excluding hydrogens is 400 g/mol. The van der Waals surface area contributed by atoms with Gasteiger partial charge in [0.15, 0.2) is 0 Å². The summed E-state index contributed by atoms with van der Waals surface area (Å²) in [5, 5.41) is 17.5. The first-order chi connectivity index (χ1) is 15.8. The maximum absolute atomic E-state index is 9.09. The van der Waals surface area contributed by atoms with E-state index < -0.39 is 0 Å². The number of rotatable bonds is 22. The molecule has 192 valence electrons. The molecule has 0 aromatic carbocycles. The van der Waals surface area contributed by atoms with E-state index in [9.17, 15) is 0 Å². The zero-order valence-electron chi connectivity index (χ0n) is 21.6. The zero-order valence-corrected chi connectivity index (χ0v) is 21.6. The van der Waals surface area contributed by atoms with Crippen LogP contribution in [0.15, 0.2) is 0 Å². The van der Waals surface area contributed by atoms with Crippen LogP contribution in [0.1, 0.15) is 142 Å². The molecule has 1 fully saturated rings. The first kappa shape index (κ1) is 29.9. The number of hydrogen-bond donors (Lipinski definition) is 2. The van der Waals surface area contributed by atoms with Gasteiger partial charge in [-0.25, -0.2) is 9.78 Å². The Labute approximate surface area is 199 Å². The van der Waals surface area contributed by atoms with Crippen molar-refractivity contribution in [2.75, 3.05) is 13.2 Å². The molecule has 2 N–H and O–H groups in total. The highest BCUT2D eigenvalue weighted by molar-refractivity contribution is 4.87. The predicted octanol–water partition coefficient (Wildman–Crippen LogP) is 9.29. The van der Waals surface area contributed by atoms with Crippen molar-refractivity contribution in [1.82, 2.24) is 0 Å². The molecule has 32 heavy (non-hydrogen) atoms. The lowest BCUT2D eigenvalue weighted by Gasteiger charge is -2.44. The normalized spacial score (nSPS) is 23.6. The van der Waals surface area contributed by atoms with E-state index in [0.717, 1.165) is 42.9 Å². The molecule has 1 saturated carbocycles. The molecule has 0 bridgehead atoms. The van der Waals surface area contributed by atoms with Crippen LogP contribution in [0.5, 0.6) is 0 Å². The van der Waals surface area contributed by atoms with Crippen LogP contribution in [0.4, 0.5) is 0 Å². The minimum atomic E-state index is 0.468. The van der Waals surface area contributed by atoms with Crippen molar-refractivity contribution in [2.24, 2.45) is 23.7 Å². The highest BCUT2D eigenvalue weighted by Crippen LogP contribution is 2.47. The Morgan fingerprint density at radius 2 is 0.938 bits per heavy atom. The second kappa shape index (κ2) is 21.4. The van der Waals surface area contributed by atoms with E-state index in [0.29, 0.717) is 13.2 Å². The molecule has 4 nitrogen and oxygen atoms in total. The summed E-state index contributed by atoms with van der Waals surface area (Å²) in [7, 11) is 0. The van der Waals surface area contributed by atoms with E-state index in [1.165, 1.54) is 109 Å². The fraction of sp³-hybridized carbons (Fsp3) is 1.00. The summed E-state index contributed by atoms with van der Waals surface area (Å²) in [6.45, 7) is 5.57. The summed E-state index contributed by atoms with van der Waals surface area (Å²) in [5.74, 6) is 3.27. The van der Waals surface area contributed by atoms with Gasteiger partial charge in [-0.3, -0.25) is 10.5 Å². The summed E-state index contributed by atoms with van der Waals surface area (Å²) < 4.78 is 0. The van der Waals surface area contributed by atoms with Gasteiger partial charge in [0, 0.05) is 0 Å². The molecule has 0 spiro atoms. The lowest BCUT2D eigenvalue weighted by atomic mass is 9.61. The van der Waals surface area contributed by atoms with E-state index in [1.807, 2.05) is 0 Å². The van der Waals surface area contributed by atoms with Crippen LogP contribution in [0.25, 0.3) is 0 Å². The van der Waals surface area contributed by atoms with E-state index in [4.69, 9.17) is 10.5 Å². The third-order valence-corrected chi connectivity index (χ3v) is 8.09. The molecule has 1 rings (SSSR count). The molecular formula is C28H56O4. The van der Waals surface area contributed by atoms with Crippen LogP contribution in [-0.2, 0) is 9.78 Å². The summed E-state index contributed by atoms with van der Waals surface area (Å²) >= 11 is 0. The standard InChI is InChI=1S/C28H56O4/c1-3-5-7-13-17-25-20-21-26(18-14-11-9-10-12-16-23-31-29)28(22-24-32-30)27(25)19-15-8-6-4-2/h25-30H,3-24H2,1-2H3/t25?,26-,27?,28?/m1/s1. The van der Waals surface area contributed by atoms with Gasteiger partial charge < -0.3 is 0 Å². The molecule has 0 aromatic heterocycles. The molecule has 4 atom stereocenters. The molecule has 0 aliphatic heterocycles. The van der Waals surface area contributed by atoms with Crippen molar-refractivity contribution in [3.8, 4) is 0 Å². The molecule has 3 unspecified atom stereocenters. The fourth-order valence-electron chi connectivity index (χ4n) is 6.28. The van der Waals surface area contributed by atoms with Gasteiger partial charge in [0.25, 0.3) is 0 Å². The highest BCUT2D eigenvalue weighted by Gasteiger charge is 2.37. The topological polar surface area (TPSA) is 58.9 Å². The Kier molecular flexibility index (Phi) is 20.0. The Morgan fingerprint density at radius 1 is 0.500 bits per heavy atom. The average Bonchev–Trinajstić information content (AvgIpc) is 2.81. The highest BCUT2D eigenvalue weighted by atomic mass is 17.1. The van der Waals surface area contributed by atoms with Crippen LogP contribution in [0.2, 0.25) is 0 Å². The second-order valence-electron chi connectivity index (χ2n) is 10.5. The number of hydrogen-bond acceptors (Lipinski definition) is 4. The molecule has 0 aromatic rings. The summed E-state index contributed by atoms with van der Waals surface area (Å²) in [6, 6.07) is 0. The van der Waals surface area contributed by atoms with Crippen LogP contribution in [0, 0.1) is 23.7 Å². The van der Waals surface area contributed by atoms with Crippen LogP contribution in [0.3, 0.4) is 0 Å². The maximum Gasteiger partial charge on any atom is 0.0822 e. The van der Waals surface area contributed by atoms with Gasteiger partial charge in [-0.2, -0.15) is 0 Å². The molecule has 1 aliphatic rings. The summed E-state index contributed by atoms with van der Waals surface area (Å²) in [4.78, 5) is 8.76.